The van der Waals surface area contributed by atoms with E-state index in [9.17, 15) is 13.2 Å². The van der Waals surface area contributed by atoms with Crippen molar-refractivity contribution in [3.05, 3.63) is 29.8 Å². The molecule has 6 nitrogen and oxygen atoms in total. The number of sulfonamides is 1. The fourth-order valence-electron chi connectivity index (χ4n) is 1.94. The van der Waals surface area contributed by atoms with E-state index >= 15 is 0 Å². The molecule has 2 N–H and O–H groups in total. The van der Waals surface area contributed by atoms with Crippen molar-refractivity contribution in [2.45, 2.75) is 44.2 Å². The van der Waals surface area contributed by atoms with Gasteiger partial charge in [0.2, 0.25) is 15.9 Å². The lowest BCUT2D eigenvalue weighted by Gasteiger charge is -2.21. The number of hydrogen-bond donors (Lipinski definition) is 2. The van der Waals surface area contributed by atoms with Crippen molar-refractivity contribution in [1.82, 2.24) is 14.9 Å². The Morgan fingerprint density at radius 1 is 1.22 bits per heavy atom. The Balaban J connectivity index is 2.62. The van der Waals surface area contributed by atoms with Gasteiger partial charge in [-0.25, -0.2) is 8.42 Å². The summed E-state index contributed by atoms with van der Waals surface area (Å²) >= 11 is 0. The number of benzene rings is 1. The van der Waals surface area contributed by atoms with Gasteiger partial charge in [-0.15, -0.1) is 0 Å². The van der Waals surface area contributed by atoms with Gasteiger partial charge in [0.25, 0.3) is 0 Å². The molecule has 0 aliphatic carbocycles. The third-order valence-corrected chi connectivity index (χ3v) is 5.70. The Bertz CT molecular complexity index is 598. The molecule has 0 bridgehead atoms. The normalized spacial score (nSPS) is 11.9. The van der Waals surface area contributed by atoms with Crippen LogP contribution < -0.4 is 10.6 Å². The van der Waals surface area contributed by atoms with Crippen LogP contribution in [0, 0.1) is 0 Å². The summed E-state index contributed by atoms with van der Waals surface area (Å²) in [6.07, 6.45) is 1.27. The Morgan fingerprint density at radius 2 is 1.83 bits per heavy atom. The molecule has 0 aliphatic heterocycles. The van der Waals surface area contributed by atoms with E-state index in [1.807, 2.05) is 20.9 Å². The summed E-state index contributed by atoms with van der Waals surface area (Å²) in [5.74, 6) is -0.00325. The third kappa shape index (κ3) is 5.93. The lowest BCUT2D eigenvalue weighted by Crippen LogP contribution is -2.33. The van der Waals surface area contributed by atoms with Crippen LogP contribution in [0.2, 0.25) is 0 Å². The first-order chi connectivity index (χ1) is 10.8. The molecule has 0 unspecified atom stereocenters. The van der Waals surface area contributed by atoms with Gasteiger partial charge in [-0.3, -0.25) is 4.79 Å². The average Bonchev–Trinajstić information content (AvgIpc) is 2.52. The Hall–Kier alpha value is -1.44. The topological polar surface area (TPSA) is 78.5 Å². The van der Waals surface area contributed by atoms with Crippen LogP contribution in [-0.2, 0) is 21.4 Å². The minimum absolute atomic E-state index is 0.00325. The van der Waals surface area contributed by atoms with E-state index in [4.69, 9.17) is 0 Å². The average molecular weight is 341 g/mol. The van der Waals surface area contributed by atoms with Crippen molar-refractivity contribution in [3.63, 3.8) is 0 Å². The van der Waals surface area contributed by atoms with Crippen molar-refractivity contribution in [1.29, 1.82) is 0 Å². The van der Waals surface area contributed by atoms with E-state index in [1.54, 1.807) is 31.3 Å². The van der Waals surface area contributed by atoms with Gasteiger partial charge in [-0.1, -0.05) is 12.1 Å². The van der Waals surface area contributed by atoms with Gasteiger partial charge in [-0.05, 0) is 51.6 Å². The lowest BCUT2D eigenvalue weighted by atomic mass is 10.2. The Labute approximate surface area is 139 Å². The van der Waals surface area contributed by atoms with E-state index in [0.717, 1.165) is 18.5 Å². The quantitative estimate of drug-likeness (QED) is 0.664. The molecule has 7 heteroatoms. The summed E-state index contributed by atoms with van der Waals surface area (Å²) in [5.41, 5.74) is 0.873. The van der Waals surface area contributed by atoms with Gasteiger partial charge in [-0.2, -0.15) is 4.31 Å². The summed E-state index contributed by atoms with van der Waals surface area (Å²) in [5, 5.41) is 5.82. The number of nitrogens with one attached hydrogen (secondary N) is 2. The van der Waals surface area contributed by atoms with Crippen molar-refractivity contribution in [2.24, 2.45) is 0 Å². The zero-order valence-electron chi connectivity index (χ0n) is 14.3. The van der Waals surface area contributed by atoms with Crippen LogP contribution in [-0.4, -0.2) is 45.3 Å². The molecule has 0 fully saturated rings. The molecular formula is C16H27N3O3S. The van der Waals surface area contributed by atoms with Gasteiger partial charge in [0.05, 0.1) is 4.90 Å². The molecule has 1 aromatic carbocycles. The number of amides is 1. The maximum Gasteiger partial charge on any atom is 0.243 e. The fourth-order valence-corrected chi connectivity index (χ4v) is 3.31. The maximum absolute atomic E-state index is 12.3. The summed E-state index contributed by atoms with van der Waals surface area (Å²) in [6.45, 7) is 4.87. The summed E-state index contributed by atoms with van der Waals surface area (Å²) in [7, 11) is -0.0420. The summed E-state index contributed by atoms with van der Waals surface area (Å²) in [6, 6.07) is 6.52. The van der Waals surface area contributed by atoms with E-state index in [1.165, 1.54) is 4.31 Å². The molecule has 0 spiro atoms. The van der Waals surface area contributed by atoms with Crippen LogP contribution >= 0.6 is 0 Å². The molecule has 0 saturated carbocycles. The third-order valence-electron chi connectivity index (χ3n) is 3.65. The second-order valence-corrected chi connectivity index (χ2v) is 7.74. The molecule has 0 atom stereocenters. The van der Waals surface area contributed by atoms with Crippen molar-refractivity contribution >= 4 is 15.9 Å². The van der Waals surface area contributed by atoms with Gasteiger partial charge < -0.3 is 10.6 Å². The summed E-state index contributed by atoms with van der Waals surface area (Å²) in [4.78, 5) is 11.9. The number of carbonyl (C=O) groups is 1. The molecule has 1 aromatic rings. The number of rotatable bonds is 9. The first-order valence-electron chi connectivity index (χ1n) is 7.77. The Kier molecular flexibility index (Phi) is 7.67. The molecular weight excluding hydrogens is 314 g/mol. The standard InChI is InChI=1S/C16H27N3O3S/c1-13(2)19(4)23(21,22)15-9-7-14(8-10-15)12-18-16(20)6-5-11-17-3/h7-10,13,17H,5-6,11-12H2,1-4H3,(H,18,20). The van der Waals surface area contributed by atoms with E-state index < -0.39 is 10.0 Å². The molecule has 1 amide bonds. The van der Waals surface area contributed by atoms with Crippen LogP contribution in [0.3, 0.4) is 0 Å². The molecule has 0 radical (unpaired) electrons. The minimum atomic E-state index is -3.46. The number of carbonyl (C=O) groups excluding carboxylic acids is 1. The highest BCUT2D eigenvalue weighted by Gasteiger charge is 2.22. The fraction of sp³-hybridized carbons (Fsp3) is 0.562. The zero-order valence-corrected chi connectivity index (χ0v) is 15.1. The van der Waals surface area contributed by atoms with Crippen molar-refractivity contribution < 1.29 is 13.2 Å². The van der Waals surface area contributed by atoms with Crippen LogP contribution in [0.4, 0.5) is 0 Å². The highest BCUT2D eigenvalue weighted by Crippen LogP contribution is 2.17. The predicted molar refractivity (Wildman–Crippen MR) is 91.5 cm³/mol. The Morgan fingerprint density at radius 3 is 2.35 bits per heavy atom. The molecule has 0 aliphatic rings. The largest absolute Gasteiger partial charge is 0.352 e. The maximum atomic E-state index is 12.3. The first-order valence-corrected chi connectivity index (χ1v) is 9.21. The monoisotopic (exact) mass is 341 g/mol. The highest BCUT2D eigenvalue weighted by molar-refractivity contribution is 7.89. The van der Waals surface area contributed by atoms with Crippen LogP contribution in [0.15, 0.2) is 29.2 Å². The van der Waals surface area contributed by atoms with Gasteiger partial charge >= 0.3 is 0 Å². The van der Waals surface area contributed by atoms with Crippen LogP contribution in [0.5, 0.6) is 0 Å². The highest BCUT2D eigenvalue weighted by atomic mass is 32.2. The zero-order chi connectivity index (χ0) is 17.5. The van der Waals surface area contributed by atoms with Gasteiger partial charge in [0, 0.05) is 26.1 Å². The molecule has 23 heavy (non-hydrogen) atoms. The number of hydrogen-bond acceptors (Lipinski definition) is 4. The first kappa shape index (κ1) is 19.6. The molecule has 0 saturated heterocycles. The smallest absolute Gasteiger partial charge is 0.243 e. The van der Waals surface area contributed by atoms with Gasteiger partial charge in [0.1, 0.15) is 0 Å². The predicted octanol–water partition coefficient (Wildman–Crippen LogP) is 1.33. The molecule has 130 valence electrons. The van der Waals surface area contributed by atoms with Gasteiger partial charge in [0.15, 0.2) is 0 Å². The minimum Gasteiger partial charge on any atom is -0.352 e. The van der Waals surface area contributed by atoms with E-state index in [-0.39, 0.29) is 16.8 Å². The molecule has 0 aromatic heterocycles. The number of nitrogens with zero attached hydrogens (tertiary/aromatic N) is 1. The second-order valence-electron chi connectivity index (χ2n) is 5.74. The summed E-state index contributed by atoms with van der Waals surface area (Å²) < 4.78 is 26.0. The molecule has 0 heterocycles. The van der Waals surface area contributed by atoms with Crippen LogP contribution in [0.1, 0.15) is 32.3 Å². The van der Waals surface area contributed by atoms with Crippen LogP contribution in [0.25, 0.3) is 0 Å². The van der Waals surface area contributed by atoms with Crippen molar-refractivity contribution in [2.75, 3.05) is 20.6 Å². The van der Waals surface area contributed by atoms with Crippen molar-refractivity contribution in [3.8, 4) is 0 Å². The second kappa shape index (κ2) is 9.00. The lowest BCUT2D eigenvalue weighted by molar-refractivity contribution is -0.121. The van der Waals surface area contributed by atoms with E-state index in [0.29, 0.717) is 13.0 Å². The molecule has 1 rings (SSSR count). The SMILES string of the molecule is CNCCCC(=O)NCc1ccc(S(=O)(=O)N(C)C(C)C)cc1. The van der Waals surface area contributed by atoms with E-state index in [2.05, 4.69) is 10.6 Å².